The Morgan fingerprint density at radius 2 is 1.84 bits per heavy atom. The third-order valence-electron chi connectivity index (χ3n) is 6.29. The number of aromatic nitrogens is 3. The molecule has 7 nitrogen and oxygen atoms in total. The molecule has 0 saturated heterocycles. The second kappa shape index (κ2) is 10.7. The number of hydrogen-bond donors (Lipinski definition) is 2. The lowest BCUT2D eigenvalue weighted by Gasteiger charge is -2.24. The summed E-state index contributed by atoms with van der Waals surface area (Å²) in [5.41, 5.74) is 5.95. The smallest absolute Gasteiger partial charge is 0.234 e. The van der Waals surface area contributed by atoms with E-state index in [1.54, 1.807) is 6.20 Å². The average Bonchev–Trinajstić information content (AvgIpc) is 2.92. The summed E-state index contributed by atoms with van der Waals surface area (Å²) in [5.74, 6) is 2.09. The van der Waals surface area contributed by atoms with Gasteiger partial charge in [-0.25, -0.2) is 4.98 Å². The quantitative estimate of drug-likeness (QED) is 0.207. The molecule has 0 spiro atoms. The monoisotopic (exact) mass is 512 g/mol. The fourth-order valence-electron chi connectivity index (χ4n) is 4.21. The number of anilines is 1. The molecule has 0 bridgehead atoms. The standard InChI is InChI=1S/C29H28N4O3S/c1-17(2)19-9-11-22(12-10-19)31-25(35)16-37-29-24-13-23-21(15-34)14-30-18(3)26(23)36-28(24)32-27(33-29)20-7-5-4-6-8-20/h4-12,14,17,34H,13,15-16H2,1-3H3,(H,31,35). The van der Waals surface area contributed by atoms with E-state index >= 15 is 0 Å². The van der Waals surface area contributed by atoms with Crippen molar-refractivity contribution in [2.24, 2.45) is 0 Å². The van der Waals surface area contributed by atoms with Gasteiger partial charge in [-0.05, 0) is 30.5 Å². The molecule has 1 amide bonds. The van der Waals surface area contributed by atoms with E-state index < -0.39 is 0 Å². The van der Waals surface area contributed by atoms with Crippen LogP contribution in [0, 0.1) is 6.92 Å². The molecule has 2 N–H and O–H groups in total. The predicted molar refractivity (Wildman–Crippen MR) is 145 cm³/mol. The number of aryl methyl sites for hydroxylation is 1. The molecule has 0 aliphatic carbocycles. The maximum Gasteiger partial charge on any atom is 0.234 e. The molecule has 188 valence electrons. The Labute approximate surface area is 220 Å². The van der Waals surface area contributed by atoms with Gasteiger partial charge in [-0.2, -0.15) is 4.98 Å². The van der Waals surface area contributed by atoms with E-state index in [4.69, 9.17) is 14.7 Å². The summed E-state index contributed by atoms with van der Waals surface area (Å²) in [6.45, 7) is 6.01. The maximum atomic E-state index is 12.8. The molecule has 5 rings (SSSR count). The van der Waals surface area contributed by atoms with Crippen LogP contribution >= 0.6 is 11.8 Å². The minimum absolute atomic E-state index is 0.121. The summed E-state index contributed by atoms with van der Waals surface area (Å²) in [6, 6.07) is 17.6. The van der Waals surface area contributed by atoms with Crippen LogP contribution < -0.4 is 10.1 Å². The van der Waals surface area contributed by atoms with Crippen LogP contribution in [0.2, 0.25) is 0 Å². The summed E-state index contributed by atoms with van der Waals surface area (Å²) in [5, 5.41) is 13.5. The topological polar surface area (TPSA) is 97.2 Å². The lowest BCUT2D eigenvalue weighted by Crippen LogP contribution is -2.16. The van der Waals surface area contributed by atoms with E-state index in [1.807, 2.05) is 61.5 Å². The number of carbonyl (C=O) groups is 1. The molecule has 0 fully saturated rings. The van der Waals surface area contributed by atoms with E-state index in [9.17, 15) is 9.90 Å². The maximum absolute atomic E-state index is 12.8. The predicted octanol–water partition coefficient (Wildman–Crippen LogP) is 5.89. The van der Waals surface area contributed by atoms with Gasteiger partial charge in [0, 0.05) is 35.0 Å². The van der Waals surface area contributed by atoms with Crippen LogP contribution in [0.5, 0.6) is 11.6 Å². The Kier molecular flexibility index (Phi) is 7.21. The molecular weight excluding hydrogens is 484 g/mol. The highest BCUT2D eigenvalue weighted by Crippen LogP contribution is 2.42. The zero-order valence-corrected chi connectivity index (χ0v) is 21.8. The Morgan fingerprint density at radius 3 is 2.54 bits per heavy atom. The first-order chi connectivity index (χ1) is 17.9. The number of nitrogens with one attached hydrogen (secondary N) is 1. The van der Waals surface area contributed by atoms with Crippen LogP contribution in [0.15, 0.2) is 65.8 Å². The third kappa shape index (κ3) is 5.35. The van der Waals surface area contributed by atoms with Crippen molar-refractivity contribution in [3.05, 3.63) is 88.7 Å². The first-order valence-electron chi connectivity index (χ1n) is 12.2. The SMILES string of the molecule is Cc1ncc(CO)c2c1Oc1nc(-c3ccccc3)nc(SCC(=O)Nc3ccc(C(C)C)cc3)c1C2. The van der Waals surface area contributed by atoms with Gasteiger partial charge in [0.25, 0.3) is 0 Å². The molecule has 0 unspecified atom stereocenters. The Hall–Kier alpha value is -3.75. The average molecular weight is 513 g/mol. The summed E-state index contributed by atoms with van der Waals surface area (Å²) in [6.07, 6.45) is 2.16. The summed E-state index contributed by atoms with van der Waals surface area (Å²) < 4.78 is 6.25. The molecule has 0 radical (unpaired) electrons. The number of fused-ring (bicyclic) bond motifs is 2. The highest BCUT2D eigenvalue weighted by Gasteiger charge is 2.28. The largest absolute Gasteiger partial charge is 0.436 e. The third-order valence-corrected chi connectivity index (χ3v) is 7.31. The van der Waals surface area contributed by atoms with Crippen molar-refractivity contribution in [1.29, 1.82) is 0 Å². The number of benzene rings is 2. The number of thioether (sulfide) groups is 1. The molecule has 0 saturated carbocycles. The number of nitrogens with zero attached hydrogens (tertiary/aromatic N) is 3. The number of aliphatic hydroxyl groups excluding tert-OH is 1. The first-order valence-corrected chi connectivity index (χ1v) is 13.2. The van der Waals surface area contributed by atoms with Crippen LogP contribution in [0.4, 0.5) is 5.69 Å². The Balaban J connectivity index is 1.43. The number of aliphatic hydroxyl groups is 1. The second-order valence-electron chi connectivity index (χ2n) is 9.23. The zero-order chi connectivity index (χ0) is 25.9. The van der Waals surface area contributed by atoms with E-state index in [0.717, 1.165) is 28.1 Å². The molecule has 2 aromatic carbocycles. The number of pyridine rings is 1. The van der Waals surface area contributed by atoms with Crippen LogP contribution in [0.1, 0.15) is 47.7 Å². The van der Waals surface area contributed by atoms with Gasteiger partial charge >= 0.3 is 0 Å². The van der Waals surface area contributed by atoms with Crippen molar-refractivity contribution in [3.8, 4) is 23.0 Å². The Morgan fingerprint density at radius 1 is 1.08 bits per heavy atom. The molecule has 1 aliphatic rings. The molecule has 4 aromatic rings. The molecule has 0 atom stereocenters. The fraction of sp³-hybridized carbons (Fsp3) is 0.241. The number of amides is 1. The van der Waals surface area contributed by atoms with Crippen molar-refractivity contribution in [1.82, 2.24) is 15.0 Å². The van der Waals surface area contributed by atoms with Gasteiger partial charge in [-0.3, -0.25) is 9.78 Å². The van der Waals surface area contributed by atoms with Gasteiger partial charge in [0.05, 0.1) is 23.6 Å². The van der Waals surface area contributed by atoms with Gasteiger partial charge in [0.2, 0.25) is 11.8 Å². The molecule has 2 aromatic heterocycles. The van der Waals surface area contributed by atoms with Crippen LogP contribution in [0.3, 0.4) is 0 Å². The van der Waals surface area contributed by atoms with Crippen LogP contribution in [-0.4, -0.2) is 31.7 Å². The number of rotatable bonds is 7. The van der Waals surface area contributed by atoms with Gasteiger partial charge in [-0.1, -0.05) is 68.1 Å². The zero-order valence-electron chi connectivity index (χ0n) is 21.0. The highest BCUT2D eigenvalue weighted by atomic mass is 32.2. The van der Waals surface area contributed by atoms with E-state index in [-0.39, 0.29) is 18.3 Å². The van der Waals surface area contributed by atoms with Crippen molar-refractivity contribution in [3.63, 3.8) is 0 Å². The summed E-state index contributed by atoms with van der Waals surface area (Å²) >= 11 is 1.35. The molecular formula is C29H28N4O3S. The van der Waals surface area contributed by atoms with Gasteiger partial charge in [0.15, 0.2) is 11.6 Å². The molecule has 3 heterocycles. The van der Waals surface area contributed by atoms with Crippen molar-refractivity contribution in [2.45, 2.75) is 44.7 Å². The van der Waals surface area contributed by atoms with Crippen molar-refractivity contribution < 1.29 is 14.6 Å². The normalized spacial score (nSPS) is 12.0. The van der Waals surface area contributed by atoms with Gasteiger partial charge in [0.1, 0.15) is 5.03 Å². The highest BCUT2D eigenvalue weighted by molar-refractivity contribution is 8.00. The molecule has 8 heteroatoms. The van der Waals surface area contributed by atoms with E-state index in [0.29, 0.717) is 40.4 Å². The Bertz CT molecular complexity index is 1440. The molecule has 37 heavy (non-hydrogen) atoms. The first kappa shape index (κ1) is 24.9. The van der Waals surface area contributed by atoms with Crippen LogP contribution in [0.25, 0.3) is 11.4 Å². The van der Waals surface area contributed by atoms with Gasteiger partial charge in [-0.15, -0.1) is 0 Å². The van der Waals surface area contributed by atoms with Crippen molar-refractivity contribution >= 4 is 23.4 Å². The summed E-state index contributed by atoms with van der Waals surface area (Å²) in [7, 11) is 0. The van der Waals surface area contributed by atoms with Gasteiger partial charge < -0.3 is 15.2 Å². The second-order valence-corrected chi connectivity index (χ2v) is 10.2. The van der Waals surface area contributed by atoms with E-state index in [2.05, 4.69) is 24.1 Å². The number of ether oxygens (including phenoxy) is 1. The van der Waals surface area contributed by atoms with E-state index in [1.165, 1.54) is 17.3 Å². The minimum Gasteiger partial charge on any atom is -0.436 e. The summed E-state index contributed by atoms with van der Waals surface area (Å²) in [4.78, 5) is 26.7. The lowest BCUT2D eigenvalue weighted by molar-refractivity contribution is -0.113. The fourth-order valence-corrected chi connectivity index (χ4v) is 5.04. The number of carbonyl (C=O) groups excluding carboxylic acids is 1. The molecule has 1 aliphatic heterocycles. The number of hydrogen-bond acceptors (Lipinski definition) is 7. The van der Waals surface area contributed by atoms with Crippen LogP contribution in [-0.2, 0) is 17.8 Å². The minimum atomic E-state index is -0.141. The lowest BCUT2D eigenvalue weighted by atomic mass is 9.99. The van der Waals surface area contributed by atoms with Crippen molar-refractivity contribution in [2.75, 3.05) is 11.1 Å².